The number of nitrogen functional groups attached to an aromatic ring is 1. The van der Waals surface area contributed by atoms with E-state index in [1.807, 2.05) is 13.8 Å². The van der Waals surface area contributed by atoms with Crippen molar-refractivity contribution in [1.29, 1.82) is 0 Å². The summed E-state index contributed by atoms with van der Waals surface area (Å²) < 4.78 is 10.5. The third-order valence-electron chi connectivity index (χ3n) is 2.85. The van der Waals surface area contributed by atoms with Crippen LogP contribution in [0.1, 0.15) is 31.1 Å². The van der Waals surface area contributed by atoms with Gasteiger partial charge < -0.3 is 20.5 Å². The molecule has 0 spiro atoms. The molecule has 23 heavy (non-hydrogen) atoms. The van der Waals surface area contributed by atoms with Crippen LogP contribution in [0.5, 0.6) is 5.88 Å². The lowest BCUT2D eigenvalue weighted by atomic mass is 10.2. The van der Waals surface area contributed by atoms with E-state index in [1.54, 1.807) is 31.2 Å². The van der Waals surface area contributed by atoms with E-state index < -0.39 is 0 Å². The van der Waals surface area contributed by atoms with Crippen molar-refractivity contribution in [3.05, 3.63) is 36.2 Å². The number of benzene rings is 1. The van der Waals surface area contributed by atoms with Gasteiger partial charge in [0.2, 0.25) is 5.88 Å². The first-order valence-electron chi connectivity index (χ1n) is 7.32. The summed E-state index contributed by atoms with van der Waals surface area (Å²) in [4.78, 5) is 19.7. The fourth-order valence-corrected chi connectivity index (χ4v) is 1.84. The van der Waals surface area contributed by atoms with E-state index in [4.69, 9.17) is 15.2 Å². The van der Waals surface area contributed by atoms with Crippen LogP contribution in [0.3, 0.4) is 0 Å². The molecule has 0 unspecified atom stereocenters. The summed E-state index contributed by atoms with van der Waals surface area (Å²) in [7, 11) is 0. The molecule has 1 heterocycles. The topological polar surface area (TPSA) is 99.4 Å². The summed E-state index contributed by atoms with van der Waals surface area (Å²) >= 11 is 0. The minimum Gasteiger partial charge on any atom is -0.473 e. The number of anilines is 3. The zero-order valence-electron chi connectivity index (χ0n) is 13.4. The Balaban J connectivity index is 2.15. The van der Waals surface area contributed by atoms with Gasteiger partial charge in [0.1, 0.15) is 12.0 Å². The number of carbonyl (C=O) groups is 1. The molecule has 7 nitrogen and oxygen atoms in total. The Labute approximate surface area is 134 Å². The molecule has 0 bridgehead atoms. The molecule has 0 aliphatic rings. The molecular formula is C16H20N4O3. The predicted octanol–water partition coefficient (Wildman–Crippen LogP) is 2.77. The zero-order valence-corrected chi connectivity index (χ0v) is 13.4. The van der Waals surface area contributed by atoms with Crippen LogP contribution in [0, 0.1) is 0 Å². The molecule has 122 valence electrons. The Hall–Kier alpha value is -2.83. The summed E-state index contributed by atoms with van der Waals surface area (Å²) in [5, 5.41) is 3.08. The predicted molar refractivity (Wildman–Crippen MR) is 87.9 cm³/mol. The molecule has 7 heteroatoms. The third-order valence-corrected chi connectivity index (χ3v) is 2.85. The quantitative estimate of drug-likeness (QED) is 0.790. The number of ether oxygens (including phenoxy) is 2. The molecule has 0 fully saturated rings. The third kappa shape index (κ3) is 4.32. The summed E-state index contributed by atoms with van der Waals surface area (Å²) in [5.74, 6) is 0.424. The van der Waals surface area contributed by atoms with Gasteiger partial charge in [-0.2, -0.15) is 4.98 Å². The molecule has 0 atom stereocenters. The Morgan fingerprint density at radius 1 is 1.26 bits per heavy atom. The largest absolute Gasteiger partial charge is 0.473 e. The molecule has 0 amide bonds. The highest BCUT2D eigenvalue weighted by molar-refractivity contribution is 5.90. The van der Waals surface area contributed by atoms with Crippen LogP contribution in [-0.2, 0) is 4.74 Å². The molecule has 1 aromatic carbocycles. The first kappa shape index (κ1) is 16.5. The van der Waals surface area contributed by atoms with Gasteiger partial charge in [0.25, 0.3) is 0 Å². The van der Waals surface area contributed by atoms with Crippen molar-refractivity contribution < 1.29 is 14.3 Å². The second-order valence-corrected chi connectivity index (χ2v) is 5.03. The normalized spacial score (nSPS) is 10.4. The van der Waals surface area contributed by atoms with Crippen LogP contribution in [0.2, 0.25) is 0 Å². The maximum absolute atomic E-state index is 11.6. The molecule has 3 N–H and O–H groups in total. The van der Waals surface area contributed by atoms with Crippen molar-refractivity contribution in [2.75, 3.05) is 17.7 Å². The van der Waals surface area contributed by atoms with Gasteiger partial charge in [-0.25, -0.2) is 9.78 Å². The minimum atomic E-state index is -0.354. The van der Waals surface area contributed by atoms with E-state index in [9.17, 15) is 4.79 Å². The highest BCUT2D eigenvalue weighted by Gasteiger charge is 2.11. The van der Waals surface area contributed by atoms with Gasteiger partial charge in [-0.3, -0.25) is 0 Å². The minimum absolute atomic E-state index is 0.0380. The first-order chi connectivity index (χ1) is 11.0. The van der Waals surface area contributed by atoms with Crippen LogP contribution in [0.25, 0.3) is 0 Å². The lowest BCUT2D eigenvalue weighted by Gasteiger charge is -2.13. The molecule has 2 aromatic rings. The number of esters is 1. The standard InChI is InChI=1S/C16H20N4O3/c1-4-22-16(21)11-5-7-12(8-6-11)20-14-13(17)15(19-9-18-14)23-10(2)3/h5-10H,4,17H2,1-3H3,(H,18,19,20). The molecule has 1 aromatic heterocycles. The number of aromatic nitrogens is 2. The fraction of sp³-hybridized carbons (Fsp3) is 0.312. The van der Waals surface area contributed by atoms with E-state index in [-0.39, 0.29) is 12.1 Å². The van der Waals surface area contributed by atoms with Gasteiger partial charge in [0.05, 0.1) is 18.3 Å². The summed E-state index contributed by atoms with van der Waals surface area (Å²) in [6.07, 6.45) is 1.34. The van der Waals surface area contributed by atoms with E-state index in [0.717, 1.165) is 5.69 Å². The van der Waals surface area contributed by atoms with Gasteiger partial charge >= 0.3 is 5.97 Å². The van der Waals surface area contributed by atoms with Gasteiger partial charge in [-0.05, 0) is 45.0 Å². The van der Waals surface area contributed by atoms with Crippen molar-refractivity contribution in [3.8, 4) is 5.88 Å². The highest BCUT2D eigenvalue weighted by Crippen LogP contribution is 2.28. The zero-order chi connectivity index (χ0) is 16.8. The van der Waals surface area contributed by atoms with Crippen molar-refractivity contribution in [2.24, 2.45) is 0 Å². The fourth-order valence-electron chi connectivity index (χ4n) is 1.84. The number of hydrogen-bond acceptors (Lipinski definition) is 7. The average Bonchev–Trinajstić information content (AvgIpc) is 2.52. The van der Waals surface area contributed by atoms with Gasteiger partial charge in [0.15, 0.2) is 5.82 Å². The molecule has 2 rings (SSSR count). The summed E-state index contributed by atoms with van der Waals surface area (Å²) in [6.45, 7) is 5.89. The van der Waals surface area contributed by atoms with Crippen molar-refractivity contribution >= 4 is 23.2 Å². The number of nitrogens with one attached hydrogen (secondary N) is 1. The lowest BCUT2D eigenvalue weighted by Crippen LogP contribution is -2.11. The van der Waals surface area contributed by atoms with Crippen LogP contribution >= 0.6 is 0 Å². The number of nitrogens with zero attached hydrogens (tertiary/aromatic N) is 2. The van der Waals surface area contributed by atoms with E-state index in [2.05, 4.69) is 15.3 Å². The Morgan fingerprint density at radius 3 is 2.57 bits per heavy atom. The Morgan fingerprint density at radius 2 is 1.96 bits per heavy atom. The van der Waals surface area contributed by atoms with Gasteiger partial charge in [-0.1, -0.05) is 0 Å². The molecule has 0 radical (unpaired) electrons. The number of nitrogens with two attached hydrogens (primary N) is 1. The van der Waals surface area contributed by atoms with E-state index in [1.165, 1.54) is 6.33 Å². The maximum Gasteiger partial charge on any atom is 0.338 e. The average molecular weight is 316 g/mol. The number of carbonyl (C=O) groups excluding carboxylic acids is 1. The Bertz CT molecular complexity index is 672. The smallest absolute Gasteiger partial charge is 0.338 e. The molecular weight excluding hydrogens is 296 g/mol. The summed E-state index contributed by atoms with van der Waals surface area (Å²) in [5.41, 5.74) is 7.56. The van der Waals surface area contributed by atoms with Gasteiger partial charge in [0, 0.05) is 5.69 Å². The van der Waals surface area contributed by atoms with E-state index >= 15 is 0 Å². The van der Waals surface area contributed by atoms with Crippen molar-refractivity contribution in [2.45, 2.75) is 26.9 Å². The number of rotatable bonds is 6. The maximum atomic E-state index is 11.6. The molecule has 0 saturated carbocycles. The van der Waals surface area contributed by atoms with Crippen LogP contribution < -0.4 is 15.8 Å². The lowest BCUT2D eigenvalue weighted by molar-refractivity contribution is 0.0526. The molecule has 0 aliphatic carbocycles. The van der Waals surface area contributed by atoms with Gasteiger partial charge in [-0.15, -0.1) is 0 Å². The van der Waals surface area contributed by atoms with Crippen LogP contribution in [0.4, 0.5) is 17.2 Å². The summed E-state index contributed by atoms with van der Waals surface area (Å²) in [6, 6.07) is 6.83. The van der Waals surface area contributed by atoms with E-state index in [0.29, 0.717) is 29.6 Å². The number of hydrogen-bond donors (Lipinski definition) is 2. The SMILES string of the molecule is CCOC(=O)c1ccc(Nc2ncnc(OC(C)C)c2N)cc1. The molecule has 0 aliphatic heterocycles. The van der Waals surface area contributed by atoms with Crippen LogP contribution in [-0.4, -0.2) is 28.6 Å². The van der Waals surface area contributed by atoms with Crippen molar-refractivity contribution in [1.82, 2.24) is 9.97 Å². The second kappa shape index (κ2) is 7.44. The Kier molecular flexibility index (Phi) is 5.35. The van der Waals surface area contributed by atoms with Crippen molar-refractivity contribution in [3.63, 3.8) is 0 Å². The van der Waals surface area contributed by atoms with Crippen LogP contribution in [0.15, 0.2) is 30.6 Å². The molecule has 0 saturated heterocycles. The highest BCUT2D eigenvalue weighted by atomic mass is 16.5. The monoisotopic (exact) mass is 316 g/mol. The second-order valence-electron chi connectivity index (χ2n) is 5.03. The first-order valence-corrected chi connectivity index (χ1v) is 7.32.